The lowest BCUT2D eigenvalue weighted by Crippen LogP contribution is -2.15. The highest BCUT2D eigenvalue weighted by Crippen LogP contribution is 2.23. The van der Waals surface area contributed by atoms with Crippen molar-refractivity contribution in [2.45, 2.75) is 6.92 Å². The maximum absolute atomic E-state index is 12.1. The van der Waals surface area contributed by atoms with Gasteiger partial charge in [-0.15, -0.1) is 0 Å². The van der Waals surface area contributed by atoms with E-state index in [2.05, 4.69) is 4.98 Å². The molecule has 2 rings (SSSR count). The van der Waals surface area contributed by atoms with Crippen molar-refractivity contribution < 1.29 is 9.59 Å². The second kappa shape index (κ2) is 5.51. The van der Waals surface area contributed by atoms with Gasteiger partial charge in [0.2, 0.25) is 11.6 Å². The molecule has 2 aromatic rings. The lowest BCUT2D eigenvalue weighted by molar-refractivity contribution is 0.0816. The Bertz CT molecular complexity index is 668. The van der Waals surface area contributed by atoms with Crippen LogP contribution >= 0.6 is 23.2 Å². The number of aryl methyl sites for hydroxylation is 1. The average Bonchev–Trinajstić information content (AvgIpc) is 2.41. The minimum absolute atomic E-state index is 0.218. The van der Waals surface area contributed by atoms with Crippen molar-refractivity contribution in [2.24, 2.45) is 0 Å². The smallest absolute Gasteiger partial charge is 0.233 e. The van der Waals surface area contributed by atoms with E-state index in [0.29, 0.717) is 16.1 Å². The number of carbonyl (C=O) groups is 2. The van der Waals surface area contributed by atoms with E-state index in [4.69, 9.17) is 23.2 Å². The number of pyridine rings is 1. The van der Waals surface area contributed by atoms with E-state index in [1.54, 1.807) is 6.92 Å². The number of hydrogen-bond acceptors (Lipinski definition) is 3. The highest BCUT2D eigenvalue weighted by atomic mass is 35.5. The third kappa shape index (κ3) is 2.83. The number of nitrogens with zero attached hydrogens (tertiary/aromatic N) is 1. The largest absolute Gasteiger partial charge is 0.285 e. The summed E-state index contributed by atoms with van der Waals surface area (Å²) in [5, 5.41) is 0.581. The van der Waals surface area contributed by atoms with Gasteiger partial charge in [-0.25, -0.2) is 0 Å². The maximum atomic E-state index is 12.1. The minimum atomic E-state index is -0.618. The molecule has 0 radical (unpaired) electrons. The van der Waals surface area contributed by atoms with Crippen LogP contribution in [0.25, 0.3) is 0 Å². The molecule has 96 valence electrons. The molecule has 0 atom stereocenters. The maximum Gasteiger partial charge on any atom is 0.233 e. The van der Waals surface area contributed by atoms with Gasteiger partial charge < -0.3 is 0 Å². The fraction of sp³-hybridized carbons (Fsp3) is 0.0714. The van der Waals surface area contributed by atoms with Crippen molar-refractivity contribution in [1.82, 2.24) is 4.98 Å². The van der Waals surface area contributed by atoms with Gasteiger partial charge in [0, 0.05) is 23.5 Å². The van der Waals surface area contributed by atoms with Crippen LogP contribution in [-0.2, 0) is 0 Å². The molecule has 0 aliphatic carbocycles. The van der Waals surface area contributed by atoms with Crippen LogP contribution < -0.4 is 0 Å². The lowest BCUT2D eigenvalue weighted by atomic mass is 10.00. The molecule has 0 N–H and O–H groups in total. The number of hydrogen-bond donors (Lipinski definition) is 0. The highest BCUT2D eigenvalue weighted by Gasteiger charge is 2.20. The van der Waals surface area contributed by atoms with Crippen LogP contribution in [0.5, 0.6) is 0 Å². The van der Waals surface area contributed by atoms with E-state index in [1.165, 1.54) is 36.7 Å². The summed E-state index contributed by atoms with van der Waals surface area (Å²) in [6.07, 6.45) is 3.01. The van der Waals surface area contributed by atoms with Crippen LogP contribution in [0.2, 0.25) is 10.0 Å². The minimum Gasteiger partial charge on any atom is -0.285 e. The first-order valence-corrected chi connectivity index (χ1v) is 6.21. The fourth-order valence-electron chi connectivity index (χ4n) is 1.62. The molecular formula is C14H9Cl2NO2. The van der Waals surface area contributed by atoms with E-state index in [0.717, 1.165) is 0 Å². The number of benzene rings is 1. The van der Waals surface area contributed by atoms with Gasteiger partial charge in [0.05, 0.1) is 10.0 Å². The lowest BCUT2D eigenvalue weighted by Gasteiger charge is -2.04. The molecule has 3 nitrogen and oxygen atoms in total. The molecular weight excluding hydrogens is 285 g/mol. The van der Waals surface area contributed by atoms with Crippen molar-refractivity contribution in [3.63, 3.8) is 0 Å². The molecule has 1 aromatic heterocycles. The van der Waals surface area contributed by atoms with E-state index in [9.17, 15) is 9.59 Å². The van der Waals surface area contributed by atoms with Crippen molar-refractivity contribution >= 4 is 34.8 Å². The molecule has 1 aromatic carbocycles. The quantitative estimate of drug-likeness (QED) is 0.639. The molecule has 0 spiro atoms. The molecule has 0 unspecified atom stereocenters. The van der Waals surface area contributed by atoms with Gasteiger partial charge in [0.1, 0.15) is 0 Å². The van der Waals surface area contributed by atoms with Crippen LogP contribution in [0.15, 0.2) is 36.7 Å². The van der Waals surface area contributed by atoms with Crippen molar-refractivity contribution in [3.05, 3.63) is 63.4 Å². The van der Waals surface area contributed by atoms with Gasteiger partial charge in [-0.05, 0) is 36.8 Å². The van der Waals surface area contributed by atoms with E-state index in [-0.39, 0.29) is 10.6 Å². The van der Waals surface area contributed by atoms with Crippen molar-refractivity contribution in [1.29, 1.82) is 0 Å². The van der Waals surface area contributed by atoms with Crippen LogP contribution in [0.1, 0.15) is 26.3 Å². The average molecular weight is 294 g/mol. The summed E-state index contributed by atoms with van der Waals surface area (Å²) >= 11 is 11.6. The summed E-state index contributed by atoms with van der Waals surface area (Å²) in [6.45, 7) is 1.72. The molecule has 0 aliphatic rings. The van der Waals surface area contributed by atoms with Crippen molar-refractivity contribution in [2.75, 3.05) is 0 Å². The first-order valence-electron chi connectivity index (χ1n) is 5.45. The van der Waals surface area contributed by atoms with Gasteiger partial charge in [-0.1, -0.05) is 23.2 Å². The number of aromatic nitrogens is 1. The number of ketones is 2. The van der Waals surface area contributed by atoms with Gasteiger partial charge in [0.25, 0.3) is 0 Å². The summed E-state index contributed by atoms with van der Waals surface area (Å²) < 4.78 is 0. The molecule has 0 fully saturated rings. The molecule has 0 saturated carbocycles. The Morgan fingerprint density at radius 1 is 1.05 bits per heavy atom. The zero-order valence-corrected chi connectivity index (χ0v) is 11.5. The van der Waals surface area contributed by atoms with Crippen LogP contribution in [0.3, 0.4) is 0 Å². The topological polar surface area (TPSA) is 47.0 Å². The molecule has 0 aliphatic heterocycles. The Morgan fingerprint density at radius 3 is 2.42 bits per heavy atom. The van der Waals surface area contributed by atoms with Gasteiger partial charge in [0.15, 0.2) is 0 Å². The van der Waals surface area contributed by atoms with E-state index in [1.807, 2.05) is 0 Å². The second-order valence-corrected chi connectivity index (χ2v) is 4.79. The van der Waals surface area contributed by atoms with Crippen molar-refractivity contribution in [3.8, 4) is 0 Å². The SMILES string of the molecule is Cc1cnccc1C(=O)C(=O)c1ccc(Cl)c(Cl)c1. The predicted octanol–water partition coefficient (Wildman–Crippen LogP) is 3.76. The molecule has 0 bridgehead atoms. The number of halogens is 2. The zero-order chi connectivity index (χ0) is 14.0. The number of Topliss-reactive ketones (excluding diaryl/α,β-unsaturated/α-hetero) is 2. The Hall–Kier alpha value is -1.71. The Kier molecular flexibility index (Phi) is 3.98. The zero-order valence-electron chi connectivity index (χ0n) is 9.98. The first kappa shape index (κ1) is 13.7. The normalized spacial score (nSPS) is 10.3. The fourth-order valence-corrected chi connectivity index (χ4v) is 1.92. The predicted molar refractivity (Wildman–Crippen MR) is 74.1 cm³/mol. The Balaban J connectivity index is 2.37. The second-order valence-electron chi connectivity index (χ2n) is 3.98. The third-order valence-electron chi connectivity index (χ3n) is 2.65. The first-order chi connectivity index (χ1) is 9.00. The number of carbonyl (C=O) groups excluding carboxylic acids is 2. The molecule has 5 heteroatoms. The molecule has 1 heterocycles. The monoisotopic (exact) mass is 293 g/mol. The summed E-state index contributed by atoms with van der Waals surface area (Å²) in [5.74, 6) is -1.20. The Morgan fingerprint density at radius 2 is 1.79 bits per heavy atom. The van der Waals surface area contributed by atoms with Gasteiger partial charge in [-0.3, -0.25) is 14.6 Å². The summed E-state index contributed by atoms with van der Waals surface area (Å²) in [6, 6.07) is 5.88. The number of rotatable bonds is 3. The van der Waals surface area contributed by atoms with E-state index < -0.39 is 11.6 Å². The summed E-state index contributed by atoms with van der Waals surface area (Å²) in [4.78, 5) is 28.1. The summed E-state index contributed by atoms with van der Waals surface area (Å²) in [7, 11) is 0. The van der Waals surface area contributed by atoms with Gasteiger partial charge >= 0.3 is 0 Å². The Labute approximate surface area is 120 Å². The van der Waals surface area contributed by atoms with Crippen LogP contribution in [0, 0.1) is 6.92 Å². The van der Waals surface area contributed by atoms with E-state index >= 15 is 0 Å². The van der Waals surface area contributed by atoms with Crippen LogP contribution in [0.4, 0.5) is 0 Å². The highest BCUT2D eigenvalue weighted by molar-refractivity contribution is 6.50. The third-order valence-corrected chi connectivity index (χ3v) is 3.39. The van der Waals surface area contributed by atoms with Gasteiger partial charge in [-0.2, -0.15) is 0 Å². The molecule has 0 amide bonds. The summed E-state index contributed by atoms with van der Waals surface area (Å²) in [5.41, 5.74) is 1.21. The molecule has 0 saturated heterocycles. The van der Waals surface area contributed by atoms with Crippen LogP contribution in [-0.4, -0.2) is 16.6 Å². The standard InChI is InChI=1S/C14H9Cl2NO2/c1-8-7-17-5-4-10(8)14(19)13(18)9-2-3-11(15)12(16)6-9/h2-7H,1H3. The molecule has 19 heavy (non-hydrogen) atoms.